The molecule has 3 rings (SSSR count). The van der Waals surface area contributed by atoms with Gasteiger partial charge in [0.05, 0.1) is 11.0 Å². The lowest BCUT2D eigenvalue weighted by Gasteiger charge is -2.34. The minimum absolute atomic E-state index is 0.0590. The predicted octanol–water partition coefficient (Wildman–Crippen LogP) is 3.30. The first-order valence-electron chi connectivity index (χ1n) is 7.55. The predicted molar refractivity (Wildman–Crippen MR) is 78.4 cm³/mol. The SMILES string of the molecule is CCCC1(c2nc(-c3ccccc3F)no2)CCNCC1. The number of rotatable bonds is 4. The molecule has 1 aromatic carbocycles. The average Bonchev–Trinajstić information content (AvgIpc) is 2.99. The van der Waals surface area contributed by atoms with Crippen molar-refractivity contribution in [3.8, 4) is 11.4 Å². The first-order valence-corrected chi connectivity index (χ1v) is 7.55. The Morgan fingerprint density at radius 1 is 1.29 bits per heavy atom. The van der Waals surface area contributed by atoms with Crippen molar-refractivity contribution in [2.75, 3.05) is 13.1 Å². The summed E-state index contributed by atoms with van der Waals surface area (Å²) < 4.78 is 19.4. The summed E-state index contributed by atoms with van der Waals surface area (Å²) in [5.74, 6) is 0.681. The van der Waals surface area contributed by atoms with Gasteiger partial charge in [-0.25, -0.2) is 4.39 Å². The van der Waals surface area contributed by atoms with Crippen LogP contribution in [0.5, 0.6) is 0 Å². The molecule has 0 bridgehead atoms. The molecular formula is C16H20FN3O. The Hall–Kier alpha value is -1.75. The maximum atomic E-state index is 13.8. The molecule has 0 atom stereocenters. The van der Waals surface area contributed by atoms with Crippen LogP contribution in [0, 0.1) is 5.82 Å². The Morgan fingerprint density at radius 2 is 2.05 bits per heavy atom. The largest absolute Gasteiger partial charge is 0.338 e. The first-order chi connectivity index (χ1) is 10.2. The van der Waals surface area contributed by atoms with Gasteiger partial charge in [-0.3, -0.25) is 0 Å². The van der Waals surface area contributed by atoms with E-state index in [0.717, 1.165) is 38.8 Å². The molecule has 1 saturated heterocycles. The molecule has 0 amide bonds. The Labute approximate surface area is 123 Å². The van der Waals surface area contributed by atoms with Crippen LogP contribution >= 0.6 is 0 Å². The smallest absolute Gasteiger partial charge is 0.233 e. The summed E-state index contributed by atoms with van der Waals surface area (Å²) in [5, 5.41) is 7.37. The molecule has 0 unspecified atom stereocenters. The third kappa shape index (κ3) is 2.70. The van der Waals surface area contributed by atoms with E-state index in [0.29, 0.717) is 17.3 Å². The second-order valence-corrected chi connectivity index (χ2v) is 5.68. The van der Waals surface area contributed by atoms with E-state index in [2.05, 4.69) is 22.4 Å². The highest BCUT2D eigenvalue weighted by atomic mass is 19.1. The highest BCUT2D eigenvalue weighted by molar-refractivity contribution is 5.54. The van der Waals surface area contributed by atoms with Gasteiger partial charge in [-0.15, -0.1) is 0 Å². The van der Waals surface area contributed by atoms with Gasteiger partial charge in [0.1, 0.15) is 5.82 Å². The fourth-order valence-corrected chi connectivity index (χ4v) is 3.15. The van der Waals surface area contributed by atoms with Gasteiger partial charge < -0.3 is 9.84 Å². The summed E-state index contributed by atoms with van der Waals surface area (Å²) in [7, 11) is 0. The van der Waals surface area contributed by atoms with Crippen molar-refractivity contribution < 1.29 is 8.91 Å². The zero-order chi connectivity index (χ0) is 14.7. The van der Waals surface area contributed by atoms with Crippen molar-refractivity contribution >= 4 is 0 Å². The fraction of sp³-hybridized carbons (Fsp3) is 0.500. The van der Waals surface area contributed by atoms with E-state index < -0.39 is 0 Å². The van der Waals surface area contributed by atoms with E-state index in [9.17, 15) is 4.39 Å². The summed E-state index contributed by atoms with van der Waals surface area (Å²) in [6.45, 7) is 4.08. The molecule has 4 nitrogen and oxygen atoms in total. The van der Waals surface area contributed by atoms with Crippen molar-refractivity contribution in [3.05, 3.63) is 36.0 Å². The third-order valence-electron chi connectivity index (χ3n) is 4.28. The van der Waals surface area contributed by atoms with Gasteiger partial charge in [0.25, 0.3) is 0 Å². The number of piperidine rings is 1. The molecule has 112 valence electrons. The summed E-state index contributed by atoms with van der Waals surface area (Å²) in [5.41, 5.74) is 0.337. The molecule has 1 N–H and O–H groups in total. The van der Waals surface area contributed by atoms with E-state index in [-0.39, 0.29) is 11.2 Å². The lowest BCUT2D eigenvalue weighted by molar-refractivity contribution is 0.208. The second kappa shape index (κ2) is 5.93. The number of hydrogen-bond acceptors (Lipinski definition) is 4. The van der Waals surface area contributed by atoms with Crippen LogP contribution in [0.25, 0.3) is 11.4 Å². The minimum atomic E-state index is -0.320. The van der Waals surface area contributed by atoms with Crippen LogP contribution in [0.2, 0.25) is 0 Å². The molecule has 1 aromatic heterocycles. The quantitative estimate of drug-likeness (QED) is 0.938. The summed E-state index contributed by atoms with van der Waals surface area (Å²) >= 11 is 0. The first kappa shape index (κ1) is 14.2. The molecule has 0 aliphatic carbocycles. The van der Waals surface area contributed by atoms with E-state index in [1.54, 1.807) is 18.2 Å². The maximum absolute atomic E-state index is 13.8. The van der Waals surface area contributed by atoms with E-state index in [4.69, 9.17) is 4.52 Å². The molecule has 2 aromatic rings. The fourth-order valence-electron chi connectivity index (χ4n) is 3.15. The van der Waals surface area contributed by atoms with Crippen molar-refractivity contribution in [3.63, 3.8) is 0 Å². The van der Waals surface area contributed by atoms with Gasteiger partial charge in [0, 0.05) is 0 Å². The van der Waals surface area contributed by atoms with E-state index in [1.165, 1.54) is 6.07 Å². The topological polar surface area (TPSA) is 51.0 Å². The number of halogens is 1. The van der Waals surface area contributed by atoms with Crippen LogP contribution in [0.1, 0.15) is 38.5 Å². The zero-order valence-corrected chi connectivity index (χ0v) is 12.2. The molecule has 5 heteroatoms. The minimum Gasteiger partial charge on any atom is -0.338 e. The third-order valence-corrected chi connectivity index (χ3v) is 4.28. The molecule has 1 aliphatic heterocycles. The average molecular weight is 289 g/mol. The second-order valence-electron chi connectivity index (χ2n) is 5.68. The molecule has 1 fully saturated rings. The van der Waals surface area contributed by atoms with Gasteiger partial charge in [0.15, 0.2) is 0 Å². The standard InChI is InChI=1S/C16H20FN3O/c1-2-7-16(8-10-18-11-9-16)15-19-14(20-21-15)12-5-3-4-6-13(12)17/h3-6,18H,2,7-11H2,1H3. The number of hydrogen-bond donors (Lipinski definition) is 1. The molecule has 0 spiro atoms. The lowest BCUT2D eigenvalue weighted by atomic mass is 9.75. The Morgan fingerprint density at radius 3 is 2.76 bits per heavy atom. The van der Waals surface area contributed by atoms with Crippen molar-refractivity contribution in [2.45, 2.75) is 38.0 Å². The number of nitrogens with one attached hydrogen (secondary N) is 1. The summed E-state index contributed by atoms with van der Waals surface area (Å²) in [4.78, 5) is 4.51. The summed E-state index contributed by atoms with van der Waals surface area (Å²) in [6.07, 6.45) is 4.06. The number of benzene rings is 1. The maximum Gasteiger partial charge on any atom is 0.233 e. The molecule has 0 radical (unpaired) electrons. The lowest BCUT2D eigenvalue weighted by Crippen LogP contribution is -2.40. The highest BCUT2D eigenvalue weighted by Crippen LogP contribution is 2.37. The molecular weight excluding hydrogens is 269 g/mol. The summed E-state index contributed by atoms with van der Waals surface area (Å²) in [6, 6.07) is 6.53. The van der Waals surface area contributed by atoms with Gasteiger partial charge in [-0.1, -0.05) is 30.6 Å². The Bertz CT molecular complexity index is 600. The zero-order valence-electron chi connectivity index (χ0n) is 12.2. The Balaban J connectivity index is 1.94. The Kier molecular flexibility index (Phi) is 4.01. The van der Waals surface area contributed by atoms with Crippen molar-refractivity contribution in [1.82, 2.24) is 15.5 Å². The number of nitrogens with zero attached hydrogens (tertiary/aromatic N) is 2. The van der Waals surface area contributed by atoms with Crippen molar-refractivity contribution in [2.24, 2.45) is 0 Å². The number of aromatic nitrogens is 2. The normalized spacial score (nSPS) is 17.8. The molecule has 1 aliphatic rings. The van der Waals surface area contributed by atoms with Gasteiger partial charge >= 0.3 is 0 Å². The molecule has 21 heavy (non-hydrogen) atoms. The van der Waals surface area contributed by atoms with Crippen LogP contribution in [0.3, 0.4) is 0 Å². The van der Waals surface area contributed by atoms with E-state index in [1.807, 2.05) is 0 Å². The van der Waals surface area contributed by atoms with Crippen LogP contribution in [-0.2, 0) is 5.41 Å². The van der Waals surface area contributed by atoms with Crippen LogP contribution in [-0.4, -0.2) is 23.2 Å². The van der Waals surface area contributed by atoms with Gasteiger partial charge in [-0.05, 0) is 44.5 Å². The highest BCUT2D eigenvalue weighted by Gasteiger charge is 2.38. The molecule has 0 saturated carbocycles. The van der Waals surface area contributed by atoms with Crippen molar-refractivity contribution in [1.29, 1.82) is 0 Å². The van der Waals surface area contributed by atoms with Crippen LogP contribution < -0.4 is 5.32 Å². The van der Waals surface area contributed by atoms with E-state index >= 15 is 0 Å². The van der Waals surface area contributed by atoms with Gasteiger partial charge in [-0.2, -0.15) is 4.98 Å². The van der Waals surface area contributed by atoms with Crippen LogP contribution in [0.15, 0.2) is 28.8 Å². The van der Waals surface area contributed by atoms with Crippen LogP contribution in [0.4, 0.5) is 4.39 Å². The monoisotopic (exact) mass is 289 g/mol. The molecule has 2 heterocycles. The van der Waals surface area contributed by atoms with Gasteiger partial charge in [0.2, 0.25) is 11.7 Å².